The highest BCUT2D eigenvalue weighted by atomic mass is 127. The molecule has 0 aliphatic rings. The molecule has 0 spiro atoms. The number of nitrogens with one attached hydrogen (secondary N) is 2. The zero-order valence-electron chi connectivity index (χ0n) is 15.7. The number of halogens is 2. The van der Waals surface area contributed by atoms with E-state index in [9.17, 15) is 12.8 Å². The molecular formula is C17H29FIN3O3S. The average Bonchev–Trinajstić information content (AvgIpc) is 2.53. The van der Waals surface area contributed by atoms with Crippen LogP contribution in [0.1, 0.15) is 31.4 Å². The van der Waals surface area contributed by atoms with E-state index in [1.807, 2.05) is 13.8 Å². The van der Waals surface area contributed by atoms with Crippen molar-refractivity contribution >= 4 is 39.8 Å². The van der Waals surface area contributed by atoms with Crippen LogP contribution in [0.5, 0.6) is 0 Å². The van der Waals surface area contributed by atoms with Crippen molar-refractivity contribution in [3.63, 3.8) is 0 Å². The molecule has 1 unspecified atom stereocenters. The Balaban J connectivity index is 0.00000625. The lowest BCUT2D eigenvalue weighted by Gasteiger charge is -2.17. The number of hydrogen-bond acceptors (Lipinski definition) is 4. The van der Waals surface area contributed by atoms with E-state index in [4.69, 9.17) is 4.74 Å². The third kappa shape index (κ3) is 10.3. The van der Waals surface area contributed by atoms with Crippen LogP contribution < -0.4 is 10.6 Å². The lowest BCUT2D eigenvalue weighted by Crippen LogP contribution is -2.42. The van der Waals surface area contributed by atoms with Crippen LogP contribution in [0, 0.1) is 5.82 Å². The molecule has 1 atom stereocenters. The van der Waals surface area contributed by atoms with Crippen molar-refractivity contribution in [1.82, 2.24) is 10.6 Å². The molecular weight excluding hydrogens is 472 g/mol. The minimum Gasteiger partial charge on any atom is -0.380 e. The highest BCUT2D eigenvalue weighted by Gasteiger charge is 2.10. The molecule has 1 aromatic rings. The summed E-state index contributed by atoms with van der Waals surface area (Å²) in [5, 5.41) is 6.31. The number of sulfone groups is 1. The van der Waals surface area contributed by atoms with Crippen LogP contribution in [0.3, 0.4) is 0 Å². The molecule has 6 nitrogen and oxygen atoms in total. The Labute approximate surface area is 172 Å². The number of rotatable bonds is 9. The Bertz CT molecular complexity index is 684. The molecule has 0 saturated heterocycles. The summed E-state index contributed by atoms with van der Waals surface area (Å²) in [6.07, 6.45) is 1.73. The molecule has 0 amide bonds. The second-order valence-electron chi connectivity index (χ2n) is 6.02. The minimum absolute atomic E-state index is 0. The van der Waals surface area contributed by atoms with Crippen molar-refractivity contribution in [1.29, 1.82) is 0 Å². The Morgan fingerprint density at radius 2 is 2.08 bits per heavy atom. The Hall–Kier alpha value is -0.940. The predicted molar refractivity (Wildman–Crippen MR) is 114 cm³/mol. The third-order valence-electron chi connectivity index (χ3n) is 3.48. The van der Waals surface area contributed by atoms with Gasteiger partial charge < -0.3 is 15.4 Å². The molecule has 0 saturated carbocycles. The van der Waals surface area contributed by atoms with Crippen molar-refractivity contribution in [3.05, 3.63) is 35.1 Å². The van der Waals surface area contributed by atoms with E-state index in [0.717, 1.165) is 5.56 Å². The molecule has 0 aromatic heterocycles. The number of hydrogen-bond donors (Lipinski definition) is 2. The zero-order valence-corrected chi connectivity index (χ0v) is 18.9. The maximum Gasteiger partial charge on any atom is 0.191 e. The first-order valence-electron chi connectivity index (χ1n) is 8.24. The summed E-state index contributed by atoms with van der Waals surface area (Å²) in [6, 6.07) is 4.80. The van der Waals surface area contributed by atoms with Gasteiger partial charge in [-0.3, -0.25) is 0 Å². The molecule has 0 radical (unpaired) electrons. The molecule has 1 aromatic carbocycles. The highest BCUT2D eigenvalue weighted by Crippen LogP contribution is 2.12. The summed E-state index contributed by atoms with van der Waals surface area (Å²) < 4.78 is 41.1. The van der Waals surface area contributed by atoms with Gasteiger partial charge in [0.1, 0.15) is 15.7 Å². The zero-order chi connectivity index (χ0) is 18.9. The van der Waals surface area contributed by atoms with Crippen LogP contribution in [-0.4, -0.2) is 46.1 Å². The molecule has 2 N–H and O–H groups in total. The van der Waals surface area contributed by atoms with Crippen LogP contribution >= 0.6 is 24.0 Å². The summed E-state index contributed by atoms with van der Waals surface area (Å²) in [7, 11) is -1.46. The van der Waals surface area contributed by atoms with Crippen LogP contribution in [0.25, 0.3) is 0 Å². The summed E-state index contributed by atoms with van der Waals surface area (Å²) in [5.41, 5.74) is 1.36. The van der Waals surface area contributed by atoms with Gasteiger partial charge in [0, 0.05) is 31.5 Å². The molecule has 26 heavy (non-hydrogen) atoms. The molecule has 0 heterocycles. The van der Waals surface area contributed by atoms with Gasteiger partial charge in [0.25, 0.3) is 0 Å². The standard InChI is InChI=1S/C17H28FN3O3S.HI/c1-5-19-17(21-13(2)8-9-25(4,22)23)20-11-14-6-7-16(18)15(10-14)12-24-3;/h6-7,10,13H,5,8-9,11-12H2,1-4H3,(H2,19,20,21);1H. The lowest BCUT2D eigenvalue weighted by molar-refractivity contribution is 0.181. The van der Waals surface area contributed by atoms with E-state index in [2.05, 4.69) is 15.6 Å². The van der Waals surface area contributed by atoms with E-state index in [0.29, 0.717) is 31.0 Å². The Morgan fingerprint density at radius 1 is 1.38 bits per heavy atom. The smallest absolute Gasteiger partial charge is 0.191 e. The van der Waals surface area contributed by atoms with E-state index < -0.39 is 9.84 Å². The third-order valence-corrected chi connectivity index (χ3v) is 4.46. The molecule has 0 aliphatic carbocycles. The summed E-state index contributed by atoms with van der Waals surface area (Å²) in [5.74, 6) is 0.425. The molecule has 0 fully saturated rings. The number of guanidine groups is 1. The largest absolute Gasteiger partial charge is 0.380 e. The second-order valence-corrected chi connectivity index (χ2v) is 8.28. The van der Waals surface area contributed by atoms with Crippen molar-refractivity contribution in [2.45, 2.75) is 39.5 Å². The van der Waals surface area contributed by atoms with Gasteiger partial charge in [-0.15, -0.1) is 24.0 Å². The van der Waals surface area contributed by atoms with Gasteiger partial charge in [-0.25, -0.2) is 17.8 Å². The summed E-state index contributed by atoms with van der Waals surface area (Å²) in [4.78, 5) is 4.48. The Kier molecular flexibility index (Phi) is 12.0. The maximum atomic E-state index is 13.6. The highest BCUT2D eigenvalue weighted by molar-refractivity contribution is 14.0. The van der Waals surface area contributed by atoms with Crippen LogP contribution in [-0.2, 0) is 27.7 Å². The van der Waals surface area contributed by atoms with Gasteiger partial charge in [0.15, 0.2) is 5.96 Å². The van der Waals surface area contributed by atoms with Crippen LogP contribution in [0.15, 0.2) is 23.2 Å². The first-order chi connectivity index (χ1) is 11.7. The number of methoxy groups -OCH3 is 1. The van der Waals surface area contributed by atoms with E-state index >= 15 is 0 Å². The first-order valence-corrected chi connectivity index (χ1v) is 10.3. The fourth-order valence-corrected chi connectivity index (χ4v) is 2.96. The van der Waals surface area contributed by atoms with Gasteiger partial charge in [0.2, 0.25) is 0 Å². The normalized spacial score (nSPS) is 13.0. The topological polar surface area (TPSA) is 79.8 Å². The van der Waals surface area contributed by atoms with Crippen LogP contribution in [0.4, 0.5) is 4.39 Å². The Morgan fingerprint density at radius 3 is 2.65 bits per heavy atom. The second kappa shape index (κ2) is 12.4. The van der Waals surface area contributed by atoms with Crippen molar-refractivity contribution in [3.8, 4) is 0 Å². The van der Waals surface area contributed by atoms with Crippen molar-refractivity contribution in [2.24, 2.45) is 4.99 Å². The molecule has 9 heteroatoms. The van der Waals surface area contributed by atoms with Gasteiger partial charge in [0.05, 0.1) is 18.9 Å². The fraction of sp³-hybridized carbons (Fsp3) is 0.588. The quantitative estimate of drug-likeness (QED) is 0.309. The number of aliphatic imine (C=N–C) groups is 1. The van der Waals surface area contributed by atoms with Gasteiger partial charge in [-0.05, 0) is 38.0 Å². The van der Waals surface area contributed by atoms with Crippen molar-refractivity contribution < 1.29 is 17.5 Å². The van der Waals surface area contributed by atoms with E-state index in [-0.39, 0.29) is 48.2 Å². The van der Waals surface area contributed by atoms with Crippen molar-refractivity contribution in [2.75, 3.05) is 25.7 Å². The predicted octanol–water partition coefficient (Wildman–Crippen LogP) is 2.47. The summed E-state index contributed by atoms with van der Waals surface area (Å²) >= 11 is 0. The number of ether oxygens (including phenoxy) is 1. The average molecular weight is 501 g/mol. The van der Waals surface area contributed by atoms with Gasteiger partial charge >= 0.3 is 0 Å². The summed E-state index contributed by atoms with van der Waals surface area (Å²) in [6.45, 7) is 5.14. The molecule has 0 bridgehead atoms. The van der Waals surface area contributed by atoms with E-state index in [1.54, 1.807) is 12.1 Å². The lowest BCUT2D eigenvalue weighted by atomic mass is 10.1. The number of nitrogens with zero attached hydrogens (tertiary/aromatic N) is 1. The monoisotopic (exact) mass is 501 g/mol. The van der Waals surface area contributed by atoms with Gasteiger partial charge in [-0.1, -0.05) is 6.07 Å². The molecule has 1 rings (SSSR count). The minimum atomic E-state index is -2.98. The molecule has 150 valence electrons. The maximum absolute atomic E-state index is 13.6. The molecule has 0 aliphatic heterocycles. The van der Waals surface area contributed by atoms with Gasteiger partial charge in [-0.2, -0.15) is 0 Å². The first kappa shape index (κ1) is 25.1. The fourth-order valence-electron chi connectivity index (χ4n) is 2.18. The number of benzene rings is 1. The SMILES string of the molecule is CCNC(=NCc1ccc(F)c(COC)c1)NC(C)CCS(C)(=O)=O.I. The van der Waals surface area contributed by atoms with Crippen LogP contribution in [0.2, 0.25) is 0 Å². The van der Waals surface area contributed by atoms with E-state index in [1.165, 1.54) is 19.4 Å².